The standard InChI is InChI=1S/C28H27N3O4S2/c1-3-4-5-6-13-34-21-12-11-19(17-23(21)33-2)16-20(18-29)27-30-25(24-10-8-15-36-24)28(37-27)31-26(32)22-9-7-14-35-22/h7-12,14-17H,3-6,13H2,1-2H3,(H,31,32)/b20-16+. The Kier molecular flexibility index (Phi) is 9.13. The Labute approximate surface area is 224 Å². The van der Waals surface area contributed by atoms with E-state index in [4.69, 9.17) is 18.9 Å². The van der Waals surface area contributed by atoms with Crippen LogP contribution >= 0.6 is 22.7 Å². The van der Waals surface area contributed by atoms with Gasteiger partial charge in [0.15, 0.2) is 17.3 Å². The zero-order chi connectivity index (χ0) is 26.0. The molecule has 7 nitrogen and oxygen atoms in total. The summed E-state index contributed by atoms with van der Waals surface area (Å²) in [5.74, 6) is 1.09. The van der Waals surface area contributed by atoms with Crippen molar-refractivity contribution in [3.05, 3.63) is 70.4 Å². The average Bonchev–Trinajstić information content (AvgIpc) is 3.70. The van der Waals surface area contributed by atoms with Crippen LogP contribution in [0.4, 0.5) is 5.00 Å². The molecule has 0 aliphatic rings. The molecule has 0 spiro atoms. The van der Waals surface area contributed by atoms with E-state index in [9.17, 15) is 10.1 Å². The van der Waals surface area contributed by atoms with Gasteiger partial charge >= 0.3 is 0 Å². The fourth-order valence-electron chi connectivity index (χ4n) is 3.59. The van der Waals surface area contributed by atoms with Gasteiger partial charge in [0.2, 0.25) is 0 Å². The summed E-state index contributed by atoms with van der Waals surface area (Å²) in [6.45, 7) is 2.81. The Hall–Kier alpha value is -3.87. The molecule has 0 saturated heterocycles. The molecule has 0 atom stereocenters. The molecule has 9 heteroatoms. The number of rotatable bonds is 12. The molecule has 190 valence electrons. The summed E-state index contributed by atoms with van der Waals surface area (Å²) < 4.78 is 16.7. The molecule has 0 radical (unpaired) electrons. The molecule has 1 N–H and O–H groups in total. The lowest BCUT2D eigenvalue weighted by Gasteiger charge is -2.11. The van der Waals surface area contributed by atoms with E-state index in [0.29, 0.717) is 39.4 Å². The number of allylic oxidation sites excluding steroid dienone is 1. The maximum absolute atomic E-state index is 12.6. The minimum Gasteiger partial charge on any atom is -0.493 e. The van der Waals surface area contributed by atoms with E-state index in [1.165, 1.54) is 41.8 Å². The van der Waals surface area contributed by atoms with Gasteiger partial charge in [-0.1, -0.05) is 49.7 Å². The van der Waals surface area contributed by atoms with Gasteiger partial charge in [0.05, 0.1) is 30.4 Å². The number of furan rings is 1. The van der Waals surface area contributed by atoms with E-state index < -0.39 is 0 Å². The molecule has 0 saturated carbocycles. The van der Waals surface area contributed by atoms with Gasteiger partial charge in [-0.2, -0.15) is 5.26 Å². The molecule has 4 aromatic rings. The van der Waals surface area contributed by atoms with Crippen molar-refractivity contribution in [3.8, 4) is 28.1 Å². The van der Waals surface area contributed by atoms with Crippen molar-refractivity contribution in [1.29, 1.82) is 5.26 Å². The lowest BCUT2D eigenvalue weighted by molar-refractivity contribution is 0.0997. The molecule has 37 heavy (non-hydrogen) atoms. The SMILES string of the molecule is CCCCCCOc1ccc(/C=C(\C#N)c2nc(-c3cccs3)c(NC(=O)c3ccco3)s2)cc1OC. The number of aromatic nitrogens is 1. The monoisotopic (exact) mass is 533 g/mol. The Bertz CT molecular complexity index is 1380. The average molecular weight is 534 g/mol. The minimum atomic E-state index is -0.379. The van der Waals surface area contributed by atoms with Gasteiger partial charge in [0, 0.05) is 0 Å². The summed E-state index contributed by atoms with van der Waals surface area (Å²) in [6.07, 6.45) is 7.70. The van der Waals surface area contributed by atoms with Crippen molar-refractivity contribution in [1.82, 2.24) is 4.98 Å². The first-order valence-corrected chi connectivity index (χ1v) is 13.6. The fraction of sp³-hybridized carbons (Fsp3) is 0.250. The quantitative estimate of drug-likeness (QED) is 0.148. The van der Waals surface area contributed by atoms with Crippen LogP contribution in [0.5, 0.6) is 11.5 Å². The van der Waals surface area contributed by atoms with Crippen LogP contribution in [0.25, 0.3) is 22.2 Å². The van der Waals surface area contributed by atoms with Crippen molar-refractivity contribution in [3.63, 3.8) is 0 Å². The molecular weight excluding hydrogens is 506 g/mol. The molecule has 0 aliphatic carbocycles. The van der Waals surface area contributed by atoms with Crippen LogP contribution in [0, 0.1) is 11.3 Å². The molecule has 0 bridgehead atoms. The molecule has 3 aromatic heterocycles. The summed E-state index contributed by atoms with van der Waals surface area (Å²) in [5, 5.41) is 15.8. The Morgan fingerprint density at radius 2 is 2.08 bits per heavy atom. The van der Waals surface area contributed by atoms with Gasteiger partial charge in [0.25, 0.3) is 5.91 Å². The number of anilines is 1. The largest absolute Gasteiger partial charge is 0.493 e. The molecule has 0 aliphatic heterocycles. The molecule has 3 heterocycles. The Morgan fingerprint density at radius 1 is 1.19 bits per heavy atom. The van der Waals surface area contributed by atoms with Crippen LogP contribution in [0.1, 0.15) is 53.7 Å². The number of nitrogens with zero attached hydrogens (tertiary/aromatic N) is 2. The number of thiazole rings is 1. The normalized spacial score (nSPS) is 11.2. The first-order valence-electron chi connectivity index (χ1n) is 12.0. The number of hydrogen-bond acceptors (Lipinski definition) is 8. The number of nitrogens with one attached hydrogen (secondary N) is 1. The third kappa shape index (κ3) is 6.67. The van der Waals surface area contributed by atoms with Crippen molar-refractivity contribution >= 4 is 45.2 Å². The number of carbonyl (C=O) groups is 1. The van der Waals surface area contributed by atoms with Gasteiger partial charge < -0.3 is 19.2 Å². The maximum atomic E-state index is 12.6. The number of nitriles is 1. The number of amides is 1. The number of hydrogen-bond donors (Lipinski definition) is 1. The summed E-state index contributed by atoms with van der Waals surface area (Å²) in [5.41, 5.74) is 1.76. The highest BCUT2D eigenvalue weighted by Gasteiger charge is 2.20. The van der Waals surface area contributed by atoms with E-state index >= 15 is 0 Å². The van der Waals surface area contributed by atoms with Crippen molar-refractivity contribution in [2.75, 3.05) is 19.0 Å². The van der Waals surface area contributed by atoms with Crippen LogP contribution in [0.15, 0.2) is 58.5 Å². The van der Waals surface area contributed by atoms with Crippen LogP contribution in [0.2, 0.25) is 0 Å². The fourth-order valence-corrected chi connectivity index (χ4v) is 5.31. The lowest BCUT2D eigenvalue weighted by atomic mass is 10.1. The maximum Gasteiger partial charge on any atom is 0.292 e. The molecule has 0 unspecified atom stereocenters. The minimum absolute atomic E-state index is 0.197. The van der Waals surface area contributed by atoms with E-state index in [0.717, 1.165) is 23.3 Å². The highest BCUT2D eigenvalue weighted by Crippen LogP contribution is 2.39. The zero-order valence-corrected chi connectivity index (χ0v) is 22.3. The van der Waals surface area contributed by atoms with E-state index in [2.05, 4.69) is 18.3 Å². The van der Waals surface area contributed by atoms with Gasteiger partial charge in [-0.25, -0.2) is 4.98 Å². The predicted octanol–water partition coefficient (Wildman–Crippen LogP) is 7.75. The van der Waals surface area contributed by atoms with E-state index in [1.54, 1.807) is 25.3 Å². The van der Waals surface area contributed by atoms with E-state index in [1.807, 2.05) is 35.7 Å². The predicted molar refractivity (Wildman–Crippen MR) is 148 cm³/mol. The number of ether oxygens (including phenoxy) is 2. The zero-order valence-electron chi connectivity index (χ0n) is 20.7. The number of benzene rings is 1. The van der Waals surface area contributed by atoms with Crippen LogP contribution in [-0.2, 0) is 0 Å². The van der Waals surface area contributed by atoms with Crippen LogP contribution < -0.4 is 14.8 Å². The third-order valence-corrected chi connectivity index (χ3v) is 7.34. The smallest absolute Gasteiger partial charge is 0.292 e. The van der Waals surface area contributed by atoms with Crippen LogP contribution in [-0.4, -0.2) is 24.6 Å². The van der Waals surface area contributed by atoms with Crippen molar-refractivity contribution < 1.29 is 18.7 Å². The van der Waals surface area contributed by atoms with Gasteiger partial charge in [-0.05, 0) is 53.8 Å². The van der Waals surface area contributed by atoms with Gasteiger partial charge in [-0.3, -0.25) is 4.79 Å². The second kappa shape index (κ2) is 12.9. The lowest BCUT2D eigenvalue weighted by Crippen LogP contribution is -2.10. The Balaban J connectivity index is 1.59. The Morgan fingerprint density at radius 3 is 2.78 bits per heavy atom. The summed E-state index contributed by atoms with van der Waals surface area (Å²) in [6, 6.07) is 14.9. The van der Waals surface area contributed by atoms with E-state index in [-0.39, 0.29) is 11.7 Å². The third-order valence-electron chi connectivity index (χ3n) is 5.46. The first-order chi connectivity index (χ1) is 18.1. The molecule has 1 aromatic carbocycles. The highest BCUT2D eigenvalue weighted by molar-refractivity contribution is 7.19. The second-order valence-corrected chi connectivity index (χ2v) is 10.0. The molecule has 1 amide bonds. The summed E-state index contributed by atoms with van der Waals surface area (Å²) in [4.78, 5) is 18.2. The molecular formula is C28H27N3O4S2. The highest BCUT2D eigenvalue weighted by atomic mass is 32.1. The molecule has 0 fully saturated rings. The van der Waals surface area contributed by atoms with Crippen LogP contribution in [0.3, 0.4) is 0 Å². The van der Waals surface area contributed by atoms with Crippen molar-refractivity contribution in [2.24, 2.45) is 0 Å². The topological polar surface area (TPSA) is 97.4 Å². The second-order valence-electron chi connectivity index (χ2n) is 8.09. The number of thiophene rings is 1. The van der Waals surface area contributed by atoms with Crippen molar-refractivity contribution in [2.45, 2.75) is 32.6 Å². The number of carbonyl (C=O) groups excluding carboxylic acids is 1. The first kappa shape index (κ1) is 26.2. The van der Waals surface area contributed by atoms with Gasteiger partial charge in [-0.15, -0.1) is 11.3 Å². The number of unbranched alkanes of at least 4 members (excludes halogenated alkanes) is 3. The number of methoxy groups -OCH3 is 1. The summed E-state index contributed by atoms with van der Waals surface area (Å²) >= 11 is 2.75. The molecule has 4 rings (SSSR count). The summed E-state index contributed by atoms with van der Waals surface area (Å²) in [7, 11) is 1.60. The van der Waals surface area contributed by atoms with Gasteiger partial charge in [0.1, 0.15) is 21.8 Å².